The summed E-state index contributed by atoms with van der Waals surface area (Å²) in [6, 6.07) is 6.14. The van der Waals surface area contributed by atoms with E-state index in [-0.39, 0.29) is 6.03 Å². The number of hydrogen-bond donors (Lipinski definition) is 2. The number of hydrogen-bond acceptors (Lipinski definition) is 3. The van der Waals surface area contributed by atoms with Gasteiger partial charge in [-0.05, 0) is 55.7 Å². The molecule has 2 heterocycles. The van der Waals surface area contributed by atoms with Gasteiger partial charge >= 0.3 is 6.03 Å². The Morgan fingerprint density at radius 1 is 1.23 bits per heavy atom. The summed E-state index contributed by atoms with van der Waals surface area (Å²) < 4.78 is 1.89. The molecule has 2 amide bonds. The van der Waals surface area contributed by atoms with E-state index in [0.29, 0.717) is 32.5 Å². The van der Waals surface area contributed by atoms with Gasteiger partial charge in [0.15, 0.2) is 0 Å². The van der Waals surface area contributed by atoms with Crippen LogP contribution in [0.25, 0.3) is 0 Å². The summed E-state index contributed by atoms with van der Waals surface area (Å²) in [5.41, 5.74) is 2.83. The van der Waals surface area contributed by atoms with Crippen molar-refractivity contribution in [1.29, 1.82) is 0 Å². The van der Waals surface area contributed by atoms with Gasteiger partial charge in [0.25, 0.3) is 0 Å². The standard InChI is InChI=1S/C20H26N4O2/c25-19(22-18-7-3-5-16-4-1-2-6-17(16)18)24-11-8-20(26,9-12-24)14-23-13-10-21-15-23/h3,5,7,10,13,15,26H,1-2,4,6,8-9,11-12,14H2,(H,22,25). The molecule has 2 N–H and O–H groups in total. The first kappa shape index (κ1) is 17.1. The van der Waals surface area contributed by atoms with Crippen LogP contribution >= 0.6 is 0 Å². The Hall–Kier alpha value is -2.34. The van der Waals surface area contributed by atoms with Crippen molar-refractivity contribution in [2.24, 2.45) is 0 Å². The van der Waals surface area contributed by atoms with Gasteiger partial charge in [0.2, 0.25) is 0 Å². The van der Waals surface area contributed by atoms with Gasteiger partial charge in [-0.15, -0.1) is 0 Å². The third-order valence-corrected chi connectivity index (χ3v) is 5.65. The third-order valence-electron chi connectivity index (χ3n) is 5.65. The van der Waals surface area contributed by atoms with Crippen LogP contribution in [0.4, 0.5) is 10.5 Å². The fraction of sp³-hybridized carbons (Fsp3) is 0.500. The smallest absolute Gasteiger partial charge is 0.321 e. The van der Waals surface area contributed by atoms with Crippen molar-refractivity contribution in [3.05, 3.63) is 48.0 Å². The molecule has 1 saturated heterocycles. The van der Waals surface area contributed by atoms with E-state index >= 15 is 0 Å². The summed E-state index contributed by atoms with van der Waals surface area (Å²) in [4.78, 5) is 18.5. The normalized spacial score (nSPS) is 19.0. The molecule has 26 heavy (non-hydrogen) atoms. The number of carbonyl (C=O) groups is 1. The zero-order valence-electron chi connectivity index (χ0n) is 15.0. The zero-order valence-corrected chi connectivity index (χ0v) is 15.0. The number of amides is 2. The second-order valence-corrected chi connectivity index (χ2v) is 7.53. The van der Waals surface area contributed by atoms with Crippen LogP contribution in [0.5, 0.6) is 0 Å². The molecule has 4 rings (SSSR count). The van der Waals surface area contributed by atoms with Gasteiger partial charge in [-0.25, -0.2) is 9.78 Å². The van der Waals surface area contributed by atoms with E-state index in [0.717, 1.165) is 18.5 Å². The molecule has 1 fully saturated rings. The number of aliphatic hydroxyl groups is 1. The molecule has 0 spiro atoms. The topological polar surface area (TPSA) is 70.4 Å². The van der Waals surface area contributed by atoms with Crippen LogP contribution in [0, 0.1) is 0 Å². The van der Waals surface area contributed by atoms with Crippen molar-refractivity contribution < 1.29 is 9.90 Å². The Morgan fingerprint density at radius 2 is 2.04 bits per heavy atom. The lowest BCUT2D eigenvalue weighted by atomic mass is 9.90. The van der Waals surface area contributed by atoms with E-state index in [2.05, 4.69) is 16.4 Å². The molecule has 0 atom stereocenters. The van der Waals surface area contributed by atoms with Gasteiger partial charge < -0.3 is 19.9 Å². The Kier molecular flexibility index (Phi) is 4.68. The van der Waals surface area contributed by atoms with Gasteiger partial charge in [-0.2, -0.15) is 0 Å². The first-order valence-corrected chi connectivity index (χ1v) is 9.48. The maximum Gasteiger partial charge on any atom is 0.321 e. The number of rotatable bonds is 3. The largest absolute Gasteiger partial charge is 0.388 e. The predicted octanol–water partition coefficient (Wildman–Crippen LogP) is 2.82. The van der Waals surface area contributed by atoms with E-state index in [1.165, 1.54) is 24.0 Å². The molecule has 0 radical (unpaired) electrons. The van der Waals surface area contributed by atoms with Crippen LogP contribution < -0.4 is 5.32 Å². The van der Waals surface area contributed by atoms with E-state index in [9.17, 15) is 9.90 Å². The molecule has 6 nitrogen and oxygen atoms in total. The Labute approximate surface area is 153 Å². The number of nitrogens with zero attached hydrogens (tertiary/aromatic N) is 3. The highest BCUT2D eigenvalue weighted by molar-refractivity contribution is 5.90. The van der Waals surface area contributed by atoms with Gasteiger partial charge in [-0.1, -0.05) is 12.1 Å². The molecule has 1 aromatic heterocycles. The number of piperidine rings is 1. The molecule has 1 aliphatic heterocycles. The lowest BCUT2D eigenvalue weighted by Crippen LogP contribution is -2.49. The SMILES string of the molecule is O=C(Nc1cccc2c1CCCC2)N1CCC(O)(Cn2ccnc2)CC1. The highest BCUT2D eigenvalue weighted by atomic mass is 16.3. The number of imidazole rings is 1. The lowest BCUT2D eigenvalue weighted by Gasteiger charge is -2.38. The van der Waals surface area contributed by atoms with Gasteiger partial charge in [-0.3, -0.25) is 0 Å². The summed E-state index contributed by atoms with van der Waals surface area (Å²) >= 11 is 0. The molecule has 0 unspecified atom stereocenters. The highest BCUT2D eigenvalue weighted by Crippen LogP contribution is 2.29. The molecule has 1 aromatic carbocycles. The number of fused-ring (bicyclic) bond motifs is 1. The van der Waals surface area contributed by atoms with Crippen molar-refractivity contribution in [2.45, 2.75) is 50.7 Å². The minimum atomic E-state index is -0.774. The molecule has 1 aliphatic carbocycles. The molecule has 6 heteroatoms. The quantitative estimate of drug-likeness (QED) is 0.890. The van der Waals surface area contributed by atoms with Crippen molar-refractivity contribution in [1.82, 2.24) is 14.5 Å². The van der Waals surface area contributed by atoms with Crippen LogP contribution in [0.3, 0.4) is 0 Å². The summed E-state index contributed by atoms with van der Waals surface area (Å²) in [5.74, 6) is 0. The first-order chi connectivity index (χ1) is 12.6. The Bertz CT molecular complexity index is 764. The van der Waals surface area contributed by atoms with Gasteiger partial charge in [0.1, 0.15) is 0 Å². The number of nitrogens with one attached hydrogen (secondary N) is 1. The van der Waals surface area contributed by atoms with E-state index in [1.807, 2.05) is 27.8 Å². The first-order valence-electron chi connectivity index (χ1n) is 9.48. The highest BCUT2D eigenvalue weighted by Gasteiger charge is 2.34. The Balaban J connectivity index is 1.37. The monoisotopic (exact) mass is 354 g/mol. The molecular weight excluding hydrogens is 328 g/mol. The van der Waals surface area contributed by atoms with Crippen LogP contribution in [-0.4, -0.2) is 44.3 Å². The van der Waals surface area contributed by atoms with Crippen LogP contribution in [0.15, 0.2) is 36.9 Å². The van der Waals surface area contributed by atoms with Crippen molar-refractivity contribution in [2.75, 3.05) is 18.4 Å². The van der Waals surface area contributed by atoms with E-state index in [4.69, 9.17) is 0 Å². The molecule has 2 aliphatic rings. The third kappa shape index (κ3) is 3.60. The average molecular weight is 354 g/mol. The van der Waals surface area contributed by atoms with E-state index in [1.54, 1.807) is 12.5 Å². The van der Waals surface area contributed by atoms with Crippen LogP contribution in [0.2, 0.25) is 0 Å². The van der Waals surface area contributed by atoms with Crippen LogP contribution in [0.1, 0.15) is 36.8 Å². The maximum atomic E-state index is 12.7. The molecule has 0 bridgehead atoms. The number of aryl methyl sites for hydroxylation is 1. The number of likely N-dealkylation sites (tertiary alicyclic amines) is 1. The fourth-order valence-electron chi connectivity index (χ4n) is 4.10. The van der Waals surface area contributed by atoms with Crippen LogP contribution in [-0.2, 0) is 19.4 Å². The van der Waals surface area contributed by atoms with Crippen molar-refractivity contribution in [3.8, 4) is 0 Å². The minimum absolute atomic E-state index is 0.0614. The Morgan fingerprint density at radius 3 is 2.81 bits per heavy atom. The second kappa shape index (κ2) is 7.11. The summed E-state index contributed by atoms with van der Waals surface area (Å²) in [6.07, 6.45) is 11.0. The summed E-state index contributed by atoms with van der Waals surface area (Å²) in [5, 5.41) is 13.9. The summed E-state index contributed by atoms with van der Waals surface area (Å²) in [7, 11) is 0. The number of carbonyl (C=O) groups excluding carboxylic acids is 1. The number of urea groups is 1. The molecule has 2 aromatic rings. The van der Waals surface area contributed by atoms with Gasteiger partial charge in [0.05, 0.1) is 18.5 Å². The summed E-state index contributed by atoms with van der Waals surface area (Å²) in [6.45, 7) is 1.65. The van der Waals surface area contributed by atoms with E-state index < -0.39 is 5.60 Å². The number of anilines is 1. The average Bonchev–Trinajstić information content (AvgIpc) is 3.15. The fourth-order valence-corrected chi connectivity index (χ4v) is 4.10. The number of benzene rings is 1. The lowest BCUT2D eigenvalue weighted by molar-refractivity contribution is -0.0247. The second-order valence-electron chi connectivity index (χ2n) is 7.53. The zero-order chi connectivity index (χ0) is 18.0. The molecular formula is C20H26N4O2. The maximum absolute atomic E-state index is 12.7. The van der Waals surface area contributed by atoms with Gasteiger partial charge in [0, 0.05) is 31.2 Å². The minimum Gasteiger partial charge on any atom is -0.388 e. The van der Waals surface area contributed by atoms with Crippen molar-refractivity contribution in [3.63, 3.8) is 0 Å². The van der Waals surface area contributed by atoms with Crippen molar-refractivity contribution >= 4 is 11.7 Å². The number of aromatic nitrogens is 2. The molecule has 0 saturated carbocycles. The molecule has 138 valence electrons. The predicted molar refractivity (Wildman–Crippen MR) is 100 cm³/mol.